The molecule has 1 atom stereocenters. The van der Waals surface area contributed by atoms with E-state index < -0.39 is 0 Å². The van der Waals surface area contributed by atoms with E-state index in [9.17, 15) is 9.50 Å². The van der Waals surface area contributed by atoms with E-state index in [2.05, 4.69) is 5.32 Å². The van der Waals surface area contributed by atoms with Crippen LogP contribution in [0.15, 0.2) is 36.4 Å². The quantitative estimate of drug-likeness (QED) is 0.881. The Kier molecular flexibility index (Phi) is 4.52. The molecule has 1 unspecified atom stereocenters. The number of nitrogens with one attached hydrogen (secondary N) is 1. The van der Waals surface area contributed by atoms with Gasteiger partial charge in [0.05, 0.1) is 25.9 Å². The first-order valence-corrected chi connectivity index (χ1v) is 6.52. The third kappa shape index (κ3) is 3.37. The van der Waals surface area contributed by atoms with Crippen LogP contribution in [0.1, 0.15) is 18.5 Å². The van der Waals surface area contributed by atoms with Crippen molar-refractivity contribution in [2.75, 3.05) is 19.5 Å². The van der Waals surface area contributed by atoms with Gasteiger partial charge < -0.3 is 19.9 Å². The van der Waals surface area contributed by atoms with Crippen molar-refractivity contribution in [1.29, 1.82) is 0 Å². The van der Waals surface area contributed by atoms with Crippen LogP contribution >= 0.6 is 0 Å². The van der Waals surface area contributed by atoms with E-state index in [1.807, 2.05) is 6.92 Å². The van der Waals surface area contributed by atoms with Crippen LogP contribution in [0.3, 0.4) is 0 Å². The molecule has 0 spiro atoms. The zero-order valence-electron chi connectivity index (χ0n) is 12.2. The first-order chi connectivity index (χ1) is 10.0. The molecule has 2 N–H and O–H groups in total. The first-order valence-electron chi connectivity index (χ1n) is 6.52. The Morgan fingerprint density at radius 2 is 1.67 bits per heavy atom. The van der Waals surface area contributed by atoms with Crippen molar-refractivity contribution in [3.63, 3.8) is 0 Å². The van der Waals surface area contributed by atoms with Gasteiger partial charge in [0, 0.05) is 17.7 Å². The maximum absolute atomic E-state index is 13.8. The zero-order chi connectivity index (χ0) is 15.4. The Balaban J connectivity index is 2.23. The predicted molar refractivity (Wildman–Crippen MR) is 79.6 cm³/mol. The number of hydrogen-bond donors (Lipinski definition) is 2. The van der Waals surface area contributed by atoms with Crippen LogP contribution in [0, 0.1) is 5.82 Å². The average molecular weight is 291 g/mol. The van der Waals surface area contributed by atoms with E-state index in [0.29, 0.717) is 22.7 Å². The van der Waals surface area contributed by atoms with Crippen molar-refractivity contribution in [3.05, 3.63) is 47.8 Å². The van der Waals surface area contributed by atoms with Gasteiger partial charge in [0.25, 0.3) is 0 Å². The van der Waals surface area contributed by atoms with Gasteiger partial charge in [0.15, 0.2) is 0 Å². The third-order valence-corrected chi connectivity index (χ3v) is 3.25. The Bertz CT molecular complexity index is 631. The van der Waals surface area contributed by atoms with Crippen LogP contribution in [0.2, 0.25) is 0 Å². The van der Waals surface area contributed by atoms with Gasteiger partial charge in [-0.15, -0.1) is 0 Å². The number of hydrogen-bond acceptors (Lipinski definition) is 4. The molecule has 0 aromatic heterocycles. The van der Waals surface area contributed by atoms with Crippen molar-refractivity contribution in [1.82, 2.24) is 0 Å². The van der Waals surface area contributed by atoms with Crippen LogP contribution in [-0.2, 0) is 0 Å². The second kappa shape index (κ2) is 6.35. The minimum Gasteiger partial charge on any atom is -0.507 e. The Morgan fingerprint density at radius 1 is 1.05 bits per heavy atom. The fraction of sp³-hybridized carbons (Fsp3) is 0.250. The number of phenols is 1. The number of halogens is 1. The fourth-order valence-corrected chi connectivity index (χ4v) is 2.07. The molecule has 21 heavy (non-hydrogen) atoms. The lowest BCUT2D eigenvalue weighted by atomic mass is 10.1. The summed E-state index contributed by atoms with van der Waals surface area (Å²) < 4.78 is 23.9. The van der Waals surface area contributed by atoms with Gasteiger partial charge in [0.1, 0.15) is 23.1 Å². The SMILES string of the molecule is COc1ccc(C(C)Nc2cc(OC)ccc2F)c(O)c1. The molecule has 2 aromatic rings. The molecular weight excluding hydrogens is 273 g/mol. The van der Waals surface area contributed by atoms with Crippen molar-refractivity contribution in [3.8, 4) is 17.2 Å². The molecule has 0 radical (unpaired) electrons. The van der Waals surface area contributed by atoms with E-state index in [-0.39, 0.29) is 17.6 Å². The summed E-state index contributed by atoms with van der Waals surface area (Å²) in [6, 6.07) is 9.19. The monoisotopic (exact) mass is 291 g/mol. The molecule has 0 saturated heterocycles. The summed E-state index contributed by atoms with van der Waals surface area (Å²) in [5, 5.41) is 13.0. The molecular formula is C16H18FNO3. The highest BCUT2D eigenvalue weighted by Crippen LogP contribution is 2.31. The number of benzene rings is 2. The van der Waals surface area contributed by atoms with Crippen molar-refractivity contribution < 1.29 is 19.0 Å². The number of phenolic OH excluding ortho intramolecular Hbond substituents is 1. The van der Waals surface area contributed by atoms with Gasteiger partial charge in [-0.3, -0.25) is 0 Å². The minimum absolute atomic E-state index is 0.0951. The molecule has 112 valence electrons. The molecule has 0 heterocycles. The lowest BCUT2D eigenvalue weighted by Gasteiger charge is -2.18. The lowest BCUT2D eigenvalue weighted by Crippen LogP contribution is -2.08. The second-order valence-electron chi connectivity index (χ2n) is 4.64. The highest BCUT2D eigenvalue weighted by Gasteiger charge is 2.13. The van der Waals surface area contributed by atoms with Crippen molar-refractivity contribution in [2.24, 2.45) is 0 Å². The molecule has 0 saturated carbocycles. The van der Waals surface area contributed by atoms with Crippen molar-refractivity contribution >= 4 is 5.69 Å². The largest absolute Gasteiger partial charge is 0.507 e. The molecule has 5 heteroatoms. The van der Waals surface area contributed by atoms with E-state index >= 15 is 0 Å². The summed E-state index contributed by atoms with van der Waals surface area (Å²) in [7, 11) is 3.05. The minimum atomic E-state index is -0.379. The van der Waals surface area contributed by atoms with E-state index in [1.165, 1.54) is 26.4 Å². The summed E-state index contributed by atoms with van der Waals surface area (Å²) in [5.74, 6) is 0.842. The number of rotatable bonds is 5. The average Bonchev–Trinajstić information content (AvgIpc) is 2.49. The van der Waals surface area contributed by atoms with Gasteiger partial charge in [-0.05, 0) is 31.2 Å². The van der Waals surface area contributed by atoms with Crippen LogP contribution in [0.4, 0.5) is 10.1 Å². The van der Waals surface area contributed by atoms with Gasteiger partial charge in [-0.2, -0.15) is 0 Å². The topological polar surface area (TPSA) is 50.7 Å². The Labute approximate surface area is 123 Å². The first kappa shape index (κ1) is 15.0. The smallest absolute Gasteiger partial charge is 0.146 e. The molecule has 0 aliphatic heterocycles. The van der Waals surface area contributed by atoms with Gasteiger partial charge in [-0.25, -0.2) is 4.39 Å². The third-order valence-electron chi connectivity index (χ3n) is 3.25. The standard InChI is InChI=1S/C16H18FNO3/c1-10(13-6-4-12(21-3)9-16(13)19)18-15-8-11(20-2)5-7-14(15)17/h4-10,18-19H,1-3H3. The second-order valence-corrected chi connectivity index (χ2v) is 4.64. The molecule has 0 amide bonds. The number of anilines is 1. The molecule has 0 aliphatic carbocycles. The maximum Gasteiger partial charge on any atom is 0.146 e. The fourth-order valence-electron chi connectivity index (χ4n) is 2.07. The van der Waals surface area contributed by atoms with Crippen LogP contribution < -0.4 is 14.8 Å². The molecule has 0 aliphatic rings. The zero-order valence-corrected chi connectivity index (χ0v) is 12.2. The number of methoxy groups -OCH3 is 2. The predicted octanol–water partition coefficient (Wildman–Crippen LogP) is 3.72. The highest BCUT2D eigenvalue weighted by atomic mass is 19.1. The van der Waals surface area contributed by atoms with Gasteiger partial charge >= 0.3 is 0 Å². The molecule has 0 bridgehead atoms. The normalized spacial score (nSPS) is 11.8. The number of ether oxygens (including phenoxy) is 2. The highest BCUT2D eigenvalue weighted by molar-refractivity contribution is 5.52. The van der Waals surface area contributed by atoms with Crippen LogP contribution in [0.25, 0.3) is 0 Å². The van der Waals surface area contributed by atoms with E-state index in [1.54, 1.807) is 24.3 Å². The number of aromatic hydroxyl groups is 1. The van der Waals surface area contributed by atoms with E-state index in [0.717, 1.165) is 0 Å². The summed E-state index contributed by atoms with van der Waals surface area (Å²) >= 11 is 0. The summed E-state index contributed by atoms with van der Waals surface area (Å²) in [6.07, 6.45) is 0. The van der Waals surface area contributed by atoms with Gasteiger partial charge in [-0.1, -0.05) is 0 Å². The van der Waals surface area contributed by atoms with E-state index in [4.69, 9.17) is 9.47 Å². The molecule has 4 nitrogen and oxygen atoms in total. The van der Waals surface area contributed by atoms with Gasteiger partial charge in [0.2, 0.25) is 0 Å². The molecule has 2 rings (SSSR count). The Hall–Kier alpha value is -2.43. The Morgan fingerprint density at radius 3 is 2.29 bits per heavy atom. The molecule has 2 aromatic carbocycles. The molecule has 0 fully saturated rings. The van der Waals surface area contributed by atoms with Crippen molar-refractivity contribution in [2.45, 2.75) is 13.0 Å². The summed E-state index contributed by atoms with van der Waals surface area (Å²) in [5.41, 5.74) is 0.968. The lowest BCUT2D eigenvalue weighted by molar-refractivity contribution is 0.406. The maximum atomic E-state index is 13.8. The summed E-state index contributed by atoms with van der Waals surface area (Å²) in [6.45, 7) is 1.83. The van der Waals surface area contributed by atoms with Crippen LogP contribution in [-0.4, -0.2) is 19.3 Å². The van der Waals surface area contributed by atoms with Crippen LogP contribution in [0.5, 0.6) is 17.2 Å². The summed E-state index contributed by atoms with van der Waals surface area (Å²) in [4.78, 5) is 0.